The van der Waals surface area contributed by atoms with E-state index in [4.69, 9.17) is 10.00 Å². The van der Waals surface area contributed by atoms with Crippen LogP contribution in [0.2, 0.25) is 0 Å². The highest BCUT2D eigenvalue weighted by molar-refractivity contribution is 5.94. The minimum atomic E-state index is -0.0837. The zero-order chi connectivity index (χ0) is 16.2. The smallest absolute Gasteiger partial charge is 0.254 e. The van der Waals surface area contributed by atoms with Gasteiger partial charge in [0.05, 0.1) is 24.8 Å². The van der Waals surface area contributed by atoms with Crippen molar-refractivity contribution < 1.29 is 9.53 Å². The largest absolute Gasteiger partial charge is 0.384 e. The molecule has 1 atom stereocenters. The summed E-state index contributed by atoms with van der Waals surface area (Å²) in [5.74, 6) is 0.992. The number of carbonyl (C=O) groups is 1. The van der Waals surface area contributed by atoms with E-state index in [0.29, 0.717) is 30.8 Å². The zero-order valence-corrected chi connectivity index (χ0v) is 13.0. The zero-order valence-electron chi connectivity index (χ0n) is 13.0. The number of fused-ring (bicyclic) bond motifs is 1. The van der Waals surface area contributed by atoms with Crippen molar-refractivity contribution in [3.63, 3.8) is 0 Å². The fraction of sp³-hybridized carbons (Fsp3) is 0.353. The van der Waals surface area contributed by atoms with Crippen LogP contribution in [-0.2, 0) is 17.8 Å². The Balaban J connectivity index is 1.88. The maximum Gasteiger partial charge on any atom is 0.254 e. The van der Waals surface area contributed by atoms with Crippen molar-refractivity contribution in [2.75, 3.05) is 20.3 Å². The van der Waals surface area contributed by atoms with Crippen molar-refractivity contribution in [1.29, 1.82) is 5.26 Å². The van der Waals surface area contributed by atoms with E-state index in [0.717, 1.165) is 12.4 Å². The second-order valence-electron chi connectivity index (χ2n) is 5.70. The fourth-order valence-electron chi connectivity index (χ4n) is 2.94. The highest BCUT2D eigenvalue weighted by atomic mass is 16.5. The Morgan fingerprint density at radius 3 is 3.13 bits per heavy atom. The van der Waals surface area contributed by atoms with Gasteiger partial charge in [0.1, 0.15) is 5.82 Å². The van der Waals surface area contributed by atoms with Crippen molar-refractivity contribution in [3.05, 3.63) is 53.6 Å². The van der Waals surface area contributed by atoms with E-state index < -0.39 is 0 Å². The number of hydrogen-bond acceptors (Lipinski definition) is 4. The second-order valence-corrected chi connectivity index (χ2v) is 5.70. The minimum absolute atomic E-state index is 0.0837. The van der Waals surface area contributed by atoms with E-state index in [9.17, 15) is 4.79 Å². The molecule has 0 aliphatic carbocycles. The Morgan fingerprint density at radius 1 is 1.48 bits per heavy atom. The maximum absolute atomic E-state index is 12.8. The van der Waals surface area contributed by atoms with Crippen LogP contribution in [0.15, 0.2) is 36.7 Å². The molecule has 0 N–H and O–H groups in total. The first kappa shape index (κ1) is 15.3. The minimum Gasteiger partial charge on any atom is -0.384 e. The van der Waals surface area contributed by atoms with Gasteiger partial charge >= 0.3 is 0 Å². The van der Waals surface area contributed by atoms with Gasteiger partial charge in [0, 0.05) is 44.1 Å². The molecule has 6 heteroatoms. The Morgan fingerprint density at radius 2 is 2.35 bits per heavy atom. The van der Waals surface area contributed by atoms with Crippen molar-refractivity contribution in [1.82, 2.24) is 14.5 Å². The van der Waals surface area contributed by atoms with Crippen LogP contribution in [0.5, 0.6) is 0 Å². The molecule has 23 heavy (non-hydrogen) atoms. The summed E-state index contributed by atoms with van der Waals surface area (Å²) in [6.45, 7) is 2.43. The van der Waals surface area contributed by atoms with Gasteiger partial charge in [-0.25, -0.2) is 4.98 Å². The van der Waals surface area contributed by atoms with Crippen LogP contribution in [0.4, 0.5) is 0 Å². The Kier molecular flexibility index (Phi) is 4.40. The fourth-order valence-corrected chi connectivity index (χ4v) is 2.94. The summed E-state index contributed by atoms with van der Waals surface area (Å²) < 4.78 is 7.36. The summed E-state index contributed by atoms with van der Waals surface area (Å²) in [5, 5.41) is 9.01. The van der Waals surface area contributed by atoms with Gasteiger partial charge in [-0.3, -0.25) is 4.79 Å². The van der Waals surface area contributed by atoms with Gasteiger partial charge in [-0.1, -0.05) is 6.07 Å². The standard InChI is InChI=1S/C17H18N4O2/c1-23-12-14-9-20-6-5-19-16(20)11-21(10-14)17(22)15-4-2-3-13(7-15)8-18/h2-7,14H,9-12H2,1H3/t14-/m0/s1. The van der Waals surface area contributed by atoms with E-state index in [1.807, 2.05) is 6.20 Å². The molecule has 1 aromatic carbocycles. The third-order valence-corrected chi connectivity index (χ3v) is 4.00. The van der Waals surface area contributed by atoms with Gasteiger partial charge in [0.2, 0.25) is 0 Å². The van der Waals surface area contributed by atoms with Gasteiger partial charge in [0.25, 0.3) is 5.91 Å². The second kappa shape index (κ2) is 6.63. The van der Waals surface area contributed by atoms with Crippen LogP contribution in [0.25, 0.3) is 0 Å². The molecule has 0 fully saturated rings. The van der Waals surface area contributed by atoms with Crippen LogP contribution in [0.3, 0.4) is 0 Å². The first-order valence-corrected chi connectivity index (χ1v) is 7.49. The van der Waals surface area contributed by atoms with Crippen LogP contribution >= 0.6 is 0 Å². The molecular formula is C17H18N4O2. The quantitative estimate of drug-likeness (QED) is 0.864. The molecule has 0 unspecified atom stereocenters. The number of carbonyl (C=O) groups excluding carboxylic acids is 1. The lowest BCUT2D eigenvalue weighted by molar-refractivity contribution is 0.0666. The van der Waals surface area contributed by atoms with Gasteiger partial charge in [-0.2, -0.15) is 5.26 Å². The number of ether oxygens (including phenoxy) is 1. The molecule has 2 aromatic rings. The molecule has 6 nitrogen and oxygen atoms in total. The molecule has 1 aromatic heterocycles. The predicted octanol–water partition coefficient (Wildman–Crippen LogP) is 1.67. The lowest BCUT2D eigenvalue weighted by Crippen LogP contribution is -2.35. The summed E-state index contributed by atoms with van der Waals surface area (Å²) in [5.41, 5.74) is 1.01. The van der Waals surface area contributed by atoms with Crippen molar-refractivity contribution in [2.24, 2.45) is 5.92 Å². The summed E-state index contributed by atoms with van der Waals surface area (Å²) in [4.78, 5) is 19.0. The Hall–Kier alpha value is -2.65. The van der Waals surface area contributed by atoms with Gasteiger partial charge < -0.3 is 14.2 Å². The van der Waals surface area contributed by atoms with Gasteiger partial charge in [-0.15, -0.1) is 0 Å². The van der Waals surface area contributed by atoms with Gasteiger partial charge in [-0.05, 0) is 18.2 Å². The lowest BCUT2D eigenvalue weighted by Gasteiger charge is -2.23. The topological polar surface area (TPSA) is 71.2 Å². The van der Waals surface area contributed by atoms with Gasteiger partial charge in [0.15, 0.2) is 0 Å². The number of nitrogens with zero attached hydrogens (tertiary/aromatic N) is 4. The number of rotatable bonds is 3. The van der Waals surface area contributed by atoms with Crippen LogP contribution < -0.4 is 0 Å². The van der Waals surface area contributed by atoms with E-state index in [1.54, 1.807) is 42.5 Å². The Bertz CT molecular complexity index is 747. The molecular weight excluding hydrogens is 292 g/mol. The van der Waals surface area contributed by atoms with Crippen LogP contribution in [0.1, 0.15) is 21.7 Å². The SMILES string of the molecule is COC[C@@H]1CN(C(=O)c2cccc(C#N)c2)Cc2nccn2C1. The average molecular weight is 310 g/mol. The molecule has 0 bridgehead atoms. The number of nitriles is 1. The summed E-state index contributed by atoms with van der Waals surface area (Å²) in [6.07, 6.45) is 3.69. The third kappa shape index (κ3) is 3.25. The Labute approximate surface area is 134 Å². The maximum atomic E-state index is 12.8. The van der Waals surface area contributed by atoms with E-state index >= 15 is 0 Å². The molecule has 0 saturated heterocycles. The molecule has 0 saturated carbocycles. The van der Waals surface area contributed by atoms with E-state index in [2.05, 4.69) is 15.6 Å². The molecule has 1 amide bonds. The van der Waals surface area contributed by atoms with Crippen molar-refractivity contribution in [3.8, 4) is 6.07 Å². The average Bonchev–Trinajstić information content (AvgIpc) is 2.93. The summed E-state index contributed by atoms with van der Waals surface area (Å²) >= 11 is 0. The monoisotopic (exact) mass is 310 g/mol. The lowest BCUT2D eigenvalue weighted by atomic mass is 10.1. The predicted molar refractivity (Wildman–Crippen MR) is 83.5 cm³/mol. The number of hydrogen-bond donors (Lipinski definition) is 0. The molecule has 1 aliphatic rings. The first-order chi connectivity index (χ1) is 11.2. The number of amides is 1. The third-order valence-electron chi connectivity index (χ3n) is 4.00. The number of imidazole rings is 1. The number of methoxy groups -OCH3 is 1. The van der Waals surface area contributed by atoms with E-state index in [1.165, 1.54) is 0 Å². The summed E-state index contributed by atoms with van der Waals surface area (Å²) in [6, 6.07) is 8.87. The van der Waals surface area contributed by atoms with Crippen LogP contribution in [-0.4, -0.2) is 40.6 Å². The molecule has 0 spiro atoms. The van der Waals surface area contributed by atoms with Crippen molar-refractivity contribution in [2.45, 2.75) is 13.1 Å². The molecule has 3 rings (SSSR count). The molecule has 1 aliphatic heterocycles. The highest BCUT2D eigenvalue weighted by Crippen LogP contribution is 2.18. The number of benzene rings is 1. The normalized spacial score (nSPS) is 17.2. The summed E-state index contributed by atoms with van der Waals surface area (Å²) in [7, 11) is 1.67. The van der Waals surface area contributed by atoms with Crippen molar-refractivity contribution >= 4 is 5.91 Å². The van der Waals surface area contributed by atoms with E-state index in [-0.39, 0.29) is 11.8 Å². The molecule has 2 heterocycles. The number of aromatic nitrogens is 2. The van der Waals surface area contributed by atoms with Crippen LogP contribution in [0, 0.1) is 17.2 Å². The first-order valence-electron chi connectivity index (χ1n) is 7.49. The highest BCUT2D eigenvalue weighted by Gasteiger charge is 2.26. The molecule has 0 radical (unpaired) electrons. The molecule has 118 valence electrons.